The van der Waals surface area contributed by atoms with Crippen molar-refractivity contribution in [3.8, 4) is 75.9 Å². The summed E-state index contributed by atoms with van der Waals surface area (Å²) in [5.74, 6) is 5.40. The van der Waals surface area contributed by atoms with Crippen LogP contribution in [0.3, 0.4) is 0 Å². The maximum Gasteiger partial charge on any atom is 0.274 e. The minimum atomic E-state index is -0.545. The summed E-state index contributed by atoms with van der Waals surface area (Å²) in [5, 5.41) is 24.0. The van der Waals surface area contributed by atoms with Gasteiger partial charge in [-0.1, -0.05) is 100 Å². The van der Waals surface area contributed by atoms with Crippen molar-refractivity contribution in [1.29, 1.82) is 5.26 Å². The van der Waals surface area contributed by atoms with E-state index in [2.05, 4.69) is 83.4 Å². The molecule has 0 aliphatic rings. The minimum absolute atomic E-state index is 0.158. The number of hydrogen-bond donors (Lipinski definition) is 5. The Morgan fingerprint density at radius 3 is 1.13 bits per heavy atom. The molecule has 5 amide bonds. The highest BCUT2D eigenvalue weighted by molar-refractivity contribution is 6.31. The van der Waals surface area contributed by atoms with E-state index in [4.69, 9.17) is 53.3 Å². The molecule has 0 radical (unpaired) electrons. The standard InChI is InChI=1S/C21H15ClN2O2.C20H17ClN2O2.C19H14N4O2.C18H15N3O2.C17H13FN4O2/c1-3-15-5-4-6-16(9-15)21(25)24-18-10-17(22)11-20(12-18)26-19-8-7-14(2)23-13-19;1-13-4-3-5-15(8-13)20(24)23-17-9-16(21)10-19(11-17)25-18-7-6-14(2)22-12-18;1-13-3-2-4-15(5-13)19(24)23-16-6-14(9-20)7-17(8-16)25-18-10-21-12-22-11-18;1-13-4-2-5-14(8-13)18(22)21-15-6-3-7-16(9-15)23-17-10-19-12-20-11-17;1-11-2-3-16(21-7-11)17(23)22-13-4-12(18)5-14(6-13)24-15-8-19-10-20-9-15/h1,4-13H,2H3,(H,24,25);3-12H,1-2H3,(H,23,24);2-8,10-12H,1H3,(H,23,24);2-12H,1H3,(H,21,22);2-10H,1H3,(H,22,23). The van der Waals surface area contributed by atoms with Gasteiger partial charge in [-0.25, -0.2) is 34.3 Å². The summed E-state index contributed by atoms with van der Waals surface area (Å²) < 4.78 is 42.0. The van der Waals surface area contributed by atoms with Crippen LogP contribution < -0.4 is 50.3 Å². The fraction of sp³-hybridized carbons (Fsp3) is 0.0632. The van der Waals surface area contributed by atoms with Crippen LogP contribution in [0.2, 0.25) is 10.0 Å². The van der Waals surface area contributed by atoms with Crippen LogP contribution >= 0.6 is 23.2 Å². The maximum absolute atomic E-state index is 13.8. The average Bonchev–Trinajstić information content (AvgIpc) is 0.855. The quantitative estimate of drug-likeness (QED) is 0.0443. The SMILES string of the molecule is C#Cc1cccc(C(=O)Nc2cc(Cl)cc(Oc3ccc(C)nc3)c2)c1.Cc1ccc(C(=O)Nc2cc(F)cc(Oc3cncnc3)c2)nc1.Cc1cccc(C(=O)Nc2cc(C#N)cc(Oc3cncnc3)c2)c1.Cc1cccc(C(=O)Nc2cc(Cl)cc(Oc3ccc(C)nc3)c2)c1.Cc1cccc(C(=O)Nc2cccc(Oc3cncnc3)c2)c1. The predicted octanol–water partition coefficient (Wildman–Crippen LogP) is 21.4. The van der Waals surface area contributed by atoms with E-state index in [-0.39, 0.29) is 40.8 Å². The van der Waals surface area contributed by atoms with E-state index in [1.807, 2.05) is 126 Å². The molecule has 6 heterocycles. The van der Waals surface area contributed by atoms with Gasteiger partial charge in [-0.15, -0.1) is 6.42 Å². The van der Waals surface area contributed by atoms with Crippen molar-refractivity contribution in [3.05, 3.63) is 394 Å². The van der Waals surface area contributed by atoms with Crippen molar-refractivity contribution in [3.63, 3.8) is 0 Å². The molecule has 15 aromatic rings. The highest BCUT2D eigenvalue weighted by Gasteiger charge is 2.16. The first kappa shape index (κ1) is 87.4. The highest BCUT2D eigenvalue weighted by Crippen LogP contribution is 2.33. The number of benzene rings is 9. The lowest BCUT2D eigenvalue weighted by molar-refractivity contribution is 0.101. The van der Waals surface area contributed by atoms with Gasteiger partial charge in [0, 0.05) is 120 Å². The molecule has 0 saturated carbocycles. The predicted molar refractivity (Wildman–Crippen MR) is 468 cm³/mol. The lowest BCUT2D eigenvalue weighted by Gasteiger charge is -2.10. The van der Waals surface area contributed by atoms with E-state index < -0.39 is 11.7 Å². The summed E-state index contributed by atoms with van der Waals surface area (Å²) in [7, 11) is 0. The van der Waals surface area contributed by atoms with Gasteiger partial charge >= 0.3 is 0 Å². The second kappa shape index (κ2) is 43.7. The Kier molecular flexibility index (Phi) is 31.0. The molecule has 25 nitrogen and oxygen atoms in total. The van der Waals surface area contributed by atoms with Gasteiger partial charge in [0.2, 0.25) is 0 Å². The minimum Gasteiger partial charge on any atom is -0.456 e. The van der Waals surface area contributed by atoms with Gasteiger partial charge < -0.3 is 50.3 Å². The smallest absolute Gasteiger partial charge is 0.274 e. The summed E-state index contributed by atoms with van der Waals surface area (Å²) in [4.78, 5) is 97.2. The molecular formula is C95H74Cl2FN15O10. The molecule has 0 unspecified atom stereocenters. The number of rotatable bonds is 20. The van der Waals surface area contributed by atoms with Crippen molar-refractivity contribution in [2.24, 2.45) is 0 Å². The zero-order valence-electron chi connectivity index (χ0n) is 66.6. The summed E-state index contributed by atoms with van der Waals surface area (Å²) >= 11 is 12.3. The molecule has 0 saturated heterocycles. The molecule has 0 spiro atoms. The molecule has 9 aromatic carbocycles. The molecule has 0 aliphatic carbocycles. The van der Waals surface area contributed by atoms with Crippen LogP contribution in [0.5, 0.6) is 57.5 Å². The van der Waals surface area contributed by atoms with E-state index in [9.17, 15) is 33.6 Å². The number of anilines is 5. The van der Waals surface area contributed by atoms with Gasteiger partial charge in [-0.2, -0.15) is 5.26 Å². The first-order chi connectivity index (χ1) is 59.5. The molecule has 0 bridgehead atoms. The topological polar surface area (TPSA) is 331 Å². The number of nitriles is 1. The summed E-state index contributed by atoms with van der Waals surface area (Å²) in [6, 6.07) is 67.7. The Hall–Kier alpha value is -16.4. The molecule has 0 atom stereocenters. The molecule has 15 rings (SSSR count). The number of terminal acetylenes is 1. The van der Waals surface area contributed by atoms with Crippen LogP contribution in [-0.4, -0.2) is 74.4 Å². The molecule has 0 fully saturated rings. The van der Waals surface area contributed by atoms with Gasteiger partial charge in [0.05, 0.1) is 61.2 Å². The zero-order valence-corrected chi connectivity index (χ0v) is 68.1. The van der Waals surface area contributed by atoms with Gasteiger partial charge in [0.25, 0.3) is 29.5 Å². The Labute approximate surface area is 717 Å². The Balaban J connectivity index is 0.000000150. The second-order valence-corrected chi connectivity index (χ2v) is 27.6. The molecular weight excluding hydrogens is 1600 g/mol. The van der Waals surface area contributed by atoms with Crippen molar-refractivity contribution in [2.75, 3.05) is 26.6 Å². The third kappa shape index (κ3) is 28.4. The van der Waals surface area contributed by atoms with Crippen molar-refractivity contribution in [2.45, 2.75) is 41.5 Å². The molecule has 5 N–H and O–H groups in total. The first-order valence-corrected chi connectivity index (χ1v) is 38.1. The van der Waals surface area contributed by atoms with Crippen molar-refractivity contribution < 1.29 is 52.0 Å². The number of aryl methyl sites for hydroxylation is 6. The number of pyridine rings is 3. The highest BCUT2D eigenvalue weighted by atomic mass is 35.5. The number of ether oxygens (including phenoxy) is 5. The second-order valence-electron chi connectivity index (χ2n) is 26.7. The average molecular weight is 1680 g/mol. The van der Waals surface area contributed by atoms with Crippen molar-refractivity contribution in [1.82, 2.24) is 44.9 Å². The number of aromatic nitrogens is 9. The first-order valence-electron chi connectivity index (χ1n) is 37.3. The van der Waals surface area contributed by atoms with Crippen LogP contribution in [0, 0.1) is 71.0 Å². The fourth-order valence-corrected chi connectivity index (χ4v) is 11.4. The van der Waals surface area contributed by atoms with Crippen LogP contribution in [-0.2, 0) is 0 Å². The Morgan fingerprint density at radius 2 is 0.707 bits per heavy atom. The van der Waals surface area contributed by atoms with E-state index >= 15 is 0 Å². The number of carbonyl (C=O) groups excluding carboxylic acids is 5. The Morgan fingerprint density at radius 1 is 0.325 bits per heavy atom. The normalized spacial score (nSPS) is 10.1. The van der Waals surface area contributed by atoms with E-state index in [0.29, 0.717) is 118 Å². The number of nitrogens with one attached hydrogen (secondary N) is 5. The summed E-state index contributed by atoms with van der Waals surface area (Å²) in [6.45, 7) is 11.5. The third-order valence-corrected chi connectivity index (χ3v) is 17.0. The number of halogens is 3. The van der Waals surface area contributed by atoms with Gasteiger partial charge in [-0.05, 0) is 187 Å². The van der Waals surface area contributed by atoms with Crippen LogP contribution in [0.4, 0.5) is 32.8 Å². The number of hydrogen-bond acceptors (Lipinski definition) is 20. The van der Waals surface area contributed by atoms with Gasteiger partial charge in [-0.3, -0.25) is 38.9 Å². The molecule has 6 aromatic heterocycles. The summed E-state index contributed by atoms with van der Waals surface area (Å²) in [6.07, 6.45) is 23.5. The number of nitrogens with zero attached hydrogens (tertiary/aromatic N) is 10. The van der Waals surface area contributed by atoms with Gasteiger partial charge in [0.15, 0.2) is 17.2 Å². The van der Waals surface area contributed by atoms with Crippen molar-refractivity contribution >= 4 is 81.2 Å². The molecule has 610 valence electrons. The van der Waals surface area contributed by atoms with E-state index in [1.165, 1.54) is 62.0 Å². The van der Waals surface area contributed by atoms with Crippen LogP contribution in [0.1, 0.15) is 96.7 Å². The Bertz CT molecular complexity index is 6300. The monoisotopic (exact) mass is 1670 g/mol. The molecule has 0 aliphatic heterocycles. The number of amides is 5. The lowest BCUT2D eigenvalue weighted by Crippen LogP contribution is -2.13. The van der Waals surface area contributed by atoms with E-state index in [0.717, 1.165) is 33.6 Å². The van der Waals surface area contributed by atoms with Crippen LogP contribution in [0.25, 0.3) is 0 Å². The lowest BCUT2D eigenvalue weighted by atomic mass is 10.1. The van der Waals surface area contributed by atoms with E-state index in [1.54, 1.807) is 158 Å². The largest absolute Gasteiger partial charge is 0.456 e. The third-order valence-electron chi connectivity index (χ3n) is 16.6. The molecule has 123 heavy (non-hydrogen) atoms. The zero-order chi connectivity index (χ0) is 87.0. The fourth-order valence-electron chi connectivity index (χ4n) is 11.0. The number of carbonyl (C=O) groups is 5. The summed E-state index contributed by atoms with van der Waals surface area (Å²) in [5.41, 5.74) is 11.7. The van der Waals surface area contributed by atoms with Gasteiger partial charge in [0.1, 0.15) is 70.7 Å². The maximum atomic E-state index is 13.8. The van der Waals surface area contributed by atoms with Crippen LogP contribution in [0.15, 0.2) is 305 Å². The molecule has 28 heteroatoms.